The lowest BCUT2D eigenvalue weighted by Crippen LogP contribution is -2.23. The first-order valence-corrected chi connectivity index (χ1v) is 6.80. The fourth-order valence-corrected chi connectivity index (χ4v) is 2.02. The number of nitrogens with one attached hydrogen (secondary N) is 2. The second-order valence-corrected chi connectivity index (χ2v) is 4.98. The Morgan fingerprint density at radius 1 is 1.13 bits per heavy atom. The van der Waals surface area contributed by atoms with E-state index in [-0.39, 0.29) is 22.9 Å². The van der Waals surface area contributed by atoms with Crippen molar-refractivity contribution >= 4 is 28.9 Å². The molecular weight excluding hydrogens is 336 g/mol. The zero-order valence-corrected chi connectivity index (χ0v) is 12.3. The van der Waals surface area contributed by atoms with E-state index in [2.05, 4.69) is 10.6 Å². The van der Waals surface area contributed by atoms with Gasteiger partial charge < -0.3 is 10.6 Å². The number of anilines is 2. The van der Waals surface area contributed by atoms with Crippen molar-refractivity contribution in [2.24, 2.45) is 0 Å². The average Bonchev–Trinajstić information content (AvgIpc) is 2.48. The van der Waals surface area contributed by atoms with Crippen LogP contribution < -0.4 is 10.6 Å². The van der Waals surface area contributed by atoms with E-state index in [1.807, 2.05) is 0 Å². The zero-order valence-electron chi connectivity index (χ0n) is 11.5. The first kappa shape index (κ1) is 17.1. The fraction of sp³-hybridized carbons (Fsp3) is 0.133. The van der Waals surface area contributed by atoms with Gasteiger partial charge in [0.25, 0.3) is 0 Å². The van der Waals surface area contributed by atoms with Crippen molar-refractivity contribution in [2.75, 3.05) is 17.2 Å². The smallest absolute Gasteiger partial charge is 0.376 e. The molecule has 8 heteroatoms. The van der Waals surface area contributed by atoms with Gasteiger partial charge in [-0.05, 0) is 30.3 Å². The molecule has 23 heavy (non-hydrogen) atoms. The molecule has 0 aliphatic carbocycles. The van der Waals surface area contributed by atoms with Crippen molar-refractivity contribution in [3.05, 3.63) is 58.9 Å². The molecule has 0 aliphatic heterocycles. The van der Waals surface area contributed by atoms with Gasteiger partial charge in [-0.2, -0.15) is 13.2 Å². The largest absolute Gasteiger partial charge is 0.418 e. The summed E-state index contributed by atoms with van der Waals surface area (Å²) in [7, 11) is 0. The Bertz CT molecular complexity index is 719. The topological polar surface area (TPSA) is 41.1 Å². The number of para-hydroxylation sites is 1. The van der Waals surface area contributed by atoms with Crippen LogP contribution in [0.15, 0.2) is 42.5 Å². The van der Waals surface area contributed by atoms with E-state index in [9.17, 15) is 22.4 Å². The van der Waals surface area contributed by atoms with Gasteiger partial charge in [-0.15, -0.1) is 0 Å². The van der Waals surface area contributed by atoms with E-state index < -0.39 is 23.5 Å². The average molecular weight is 347 g/mol. The molecule has 122 valence electrons. The van der Waals surface area contributed by atoms with Crippen LogP contribution in [0.2, 0.25) is 5.02 Å². The Kier molecular flexibility index (Phi) is 5.10. The molecule has 0 unspecified atom stereocenters. The van der Waals surface area contributed by atoms with Gasteiger partial charge in [-0.3, -0.25) is 4.79 Å². The quantitative estimate of drug-likeness (QED) is 0.797. The van der Waals surface area contributed by atoms with Crippen LogP contribution >= 0.6 is 11.6 Å². The Morgan fingerprint density at radius 3 is 2.48 bits per heavy atom. The SMILES string of the molecule is O=C(CNc1ccccc1C(F)(F)F)Nc1ccc(F)c(Cl)c1. The molecule has 0 aromatic heterocycles. The summed E-state index contributed by atoms with van der Waals surface area (Å²) in [4.78, 5) is 11.8. The molecule has 0 heterocycles. The first-order chi connectivity index (χ1) is 10.8. The molecule has 1 amide bonds. The maximum absolute atomic E-state index is 13.0. The van der Waals surface area contributed by atoms with Crippen LogP contribution in [-0.2, 0) is 11.0 Å². The number of amides is 1. The lowest BCUT2D eigenvalue weighted by molar-refractivity contribution is -0.137. The Morgan fingerprint density at radius 2 is 1.83 bits per heavy atom. The maximum Gasteiger partial charge on any atom is 0.418 e. The summed E-state index contributed by atoms with van der Waals surface area (Å²) in [6, 6.07) is 8.40. The van der Waals surface area contributed by atoms with Crippen molar-refractivity contribution < 1.29 is 22.4 Å². The number of alkyl halides is 3. The zero-order chi connectivity index (χ0) is 17.0. The van der Waals surface area contributed by atoms with Crippen LogP contribution in [0.3, 0.4) is 0 Å². The molecule has 0 atom stereocenters. The van der Waals surface area contributed by atoms with Crippen molar-refractivity contribution in [1.82, 2.24) is 0 Å². The van der Waals surface area contributed by atoms with Gasteiger partial charge in [0.2, 0.25) is 5.91 Å². The molecule has 2 rings (SSSR count). The molecule has 0 radical (unpaired) electrons. The molecule has 0 saturated heterocycles. The second-order valence-electron chi connectivity index (χ2n) is 4.57. The predicted molar refractivity (Wildman–Crippen MR) is 80.0 cm³/mol. The van der Waals surface area contributed by atoms with E-state index in [0.717, 1.165) is 12.1 Å². The highest BCUT2D eigenvalue weighted by molar-refractivity contribution is 6.31. The highest BCUT2D eigenvalue weighted by atomic mass is 35.5. The minimum Gasteiger partial charge on any atom is -0.376 e. The highest BCUT2D eigenvalue weighted by Crippen LogP contribution is 2.34. The molecule has 2 N–H and O–H groups in total. The third kappa shape index (κ3) is 4.59. The Labute approximate surface area is 134 Å². The van der Waals surface area contributed by atoms with Gasteiger partial charge in [0.1, 0.15) is 5.82 Å². The number of hydrogen-bond acceptors (Lipinski definition) is 2. The summed E-state index contributed by atoms with van der Waals surface area (Å²) in [6.45, 7) is -0.387. The van der Waals surface area contributed by atoms with E-state index in [1.54, 1.807) is 0 Å². The van der Waals surface area contributed by atoms with Crippen LogP contribution in [0.4, 0.5) is 28.9 Å². The summed E-state index contributed by atoms with van der Waals surface area (Å²) in [6.07, 6.45) is -4.52. The molecular formula is C15H11ClF4N2O. The first-order valence-electron chi connectivity index (χ1n) is 6.42. The highest BCUT2D eigenvalue weighted by Gasteiger charge is 2.33. The van der Waals surface area contributed by atoms with Crippen molar-refractivity contribution in [3.63, 3.8) is 0 Å². The Hall–Kier alpha value is -2.28. The summed E-state index contributed by atoms with van der Waals surface area (Å²) in [5.74, 6) is -1.23. The van der Waals surface area contributed by atoms with Gasteiger partial charge >= 0.3 is 6.18 Å². The summed E-state index contributed by atoms with van der Waals surface area (Å²) >= 11 is 5.57. The van der Waals surface area contributed by atoms with Crippen LogP contribution in [0.5, 0.6) is 0 Å². The van der Waals surface area contributed by atoms with Crippen LogP contribution in [0.25, 0.3) is 0 Å². The lowest BCUT2D eigenvalue weighted by atomic mass is 10.1. The maximum atomic E-state index is 13.0. The summed E-state index contributed by atoms with van der Waals surface area (Å²) in [5, 5.41) is 4.66. The van der Waals surface area contributed by atoms with E-state index in [0.29, 0.717) is 0 Å². The molecule has 3 nitrogen and oxygen atoms in total. The third-order valence-corrected chi connectivity index (χ3v) is 3.16. The van der Waals surface area contributed by atoms with Gasteiger partial charge in [0.05, 0.1) is 17.1 Å². The number of rotatable bonds is 4. The van der Waals surface area contributed by atoms with Gasteiger partial charge in [-0.25, -0.2) is 4.39 Å². The van der Waals surface area contributed by atoms with Gasteiger partial charge in [0.15, 0.2) is 0 Å². The monoisotopic (exact) mass is 346 g/mol. The van der Waals surface area contributed by atoms with E-state index >= 15 is 0 Å². The standard InChI is InChI=1S/C15H11ClF4N2O/c16-11-7-9(5-6-12(11)17)22-14(23)8-21-13-4-2-1-3-10(13)15(18,19)20/h1-7,21H,8H2,(H,22,23). The van der Waals surface area contributed by atoms with Crippen molar-refractivity contribution in [3.8, 4) is 0 Å². The second kappa shape index (κ2) is 6.87. The van der Waals surface area contributed by atoms with Crippen LogP contribution in [0.1, 0.15) is 5.56 Å². The predicted octanol–water partition coefficient (Wildman–Crippen LogP) is 4.55. The third-order valence-electron chi connectivity index (χ3n) is 2.88. The normalized spacial score (nSPS) is 11.2. The lowest BCUT2D eigenvalue weighted by Gasteiger charge is -2.14. The minimum atomic E-state index is -4.52. The number of hydrogen-bond donors (Lipinski definition) is 2. The summed E-state index contributed by atoms with van der Waals surface area (Å²) in [5.41, 5.74) is -0.822. The molecule has 2 aromatic carbocycles. The summed E-state index contributed by atoms with van der Waals surface area (Å²) < 4.78 is 51.4. The molecule has 0 saturated carbocycles. The molecule has 2 aromatic rings. The van der Waals surface area contributed by atoms with E-state index in [1.165, 1.54) is 30.3 Å². The fourth-order valence-electron chi connectivity index (χ4n) is 1.84. The number of carbonyl (C=O) groups excluding carboxylic acids is 1. The number of carbonyl (C=O) groups is 1. The van der Waals surface area contributed by atoms with Crippen molar-refractivity contribution in [2.45, 2.75) is 6.18 Å². The Balaban J connectivity index is 2.01. The number of halogens is 5. The molecule has 0 fully saturated rings. The number of benzene rings is 2. The molecule has 0 bridgehead atoms. The van der Waals surface area contributed by atoms with Crippen LogP contribution in [0, 0.1) is 5.82 Å². The van der Waals surface area contributed by atoms with Gasteiger partial charge in [0, 0.05) is 11.4 Å². The van der Waals surface area contributed by atoms with Crippen molar-refractivity contribution in [1.29, 1.82) is 0 Å². The minimum absolute atomic E-state index is 0.168. The molecule has 0 spiro atoms. The molecule has 0 aliphatic rings. The van der Waals surface area contributed by atoms with Crippen LogP contribution in [-0.4, -0.2) is 12.5 Å². The van der Waals surface area contributed by atoms with E-state index in [4.69, 9.17) is 11.6 Å². The van der Waals surface area contributed by atoms with Gasteiger partial charge in [-0.1, -0.05) is 23.7 Å².